The van der Waals surface area contributed by atoms with Crippen LogP contribution < -0.4 is 4.74 Å². The van der Waals surface area contributed by atoms with Crippen LogP contribution in [-0.4, -0.2) is 13.3 Å². The number of ether oxygens (including phenoxy) is 1. The lowest BCUT2D eigenvalue weighted by molar-refractivity contribution is 0.409. The summed E-state index contributed by atoms with van der Waals surface area (Å²) in [7, 11) is 1.63. The molecule has 0 saturated carbocycles. The van der Waals surface area contributed by atoms with E-state index in [1.54, 1.807) is 24.7 Å². The fourth-order valence-corrected chi connectivity index (χ4v) is 5.47. The monoisotopic (exact) mass is 452 g/mol. The number of rotatable bonds is 3. The molecule has 1 aliphatic carbocycles. The van der Waals surface area contributed by atoms with Crippen LogP contribution in [0.5, 0.6) is 5.75 Å². The van der Waals surface area contributed by atoms with Gasteiger partial charge >= 0.3 is 0 Å². The molecule has 0 bridgehead atoms. The Morgan fingerprint density at radius 3 is 2.61 bits per heavy atom. The van der Waals surface area contributed by atoms with E-state index in [0.29, 0.717) is 0 Å². The van der Waals surface area contributed by atoms with E-state index in [4.69, 9.17) is 4.74 Å². The molecule has 0 unspecified atom stereocenters. The second-order valence-corrected chi connectivity index (χ2v) is 8.07. The van der Waals surface area contributed by atoms with Crippen molar-refractivity contribution in [3.05, 3.63) is 42.6 Å². The average Bonchev–Trinajstić information content (AvgIpc) is 2.90. The molecule has 3 nitrogen and oxygen atoms in total. The van der Waals surface area contributed by atoms with E-state index >= 15 is 0 Å². The first kappa shape index (κ1) is 16.7. The van der Waals surface area contributed by atoms with E-state index in [1.807, 2.05) is 12.1 Å². The number of halogens is 2. The van der Waals surface area contributed by atoms with Gasteiger partial charge in [0.15, 0.2) is 0 Å². The van der Waals surface area contributed by atoms with Crippen molar-refractivity contribution in [2.45, 2.75) is 25.7 Å². The van der Waals surface area contributed by atoms with Crippen LogP contribution in [0.15, 0.2) is 26.1 Å². The molecular formula is C17H14Br2N2OS. The van der Waals surface area contributed by atoms with Crippen molar-refractivity contribution < 1.29 is 4.74 Å². The number of hydrogen-bond acceptors (Lipinski definition) is 4. The zero-order valence-corrected chi connectivity index (χ0v) is 16.5. The summed E-state index contributed by atoms with van der Waals surface area (Å²) in [6.45, 7) is 0. The van der Waals surface area contributed by atoms with Gasteiger partial charge in [-0.25, -0.2) is 4.99 Å². The molecule has 1 aliphatic rings. The molecule has 0 aliphatic heterocycles. The van der Waals surface area contributed by atoms with Gasteiger partial charge in [0.2, 0.25) is 0 Å². The lowest BCUT2D eigenvalue weighted by Crippen LogP contribution is -1.99. The summed E-state index contributed by atoms with van der Waals surface area (Å²) in [5.74, 6) is 0.756. The highest BCUT2D eigenvalue weighted by Gasteiger charge is 2.20. The topological polar surface area (TPSA) is 45.4 Å². The van der Waals surface area contributed by atoms with Crippen molar-refractivity contribution in [1.82, 2.24) is 0 Å². The quantitative estimate of drug-likeness (QED) is 0.552. The Bertz CT molecular complexity index is 798. The molecule has 118 valence electrons. The Morgan fingerprint density at radius 1 is 1.26 bits per heavy atom. The third-order valence-electron chi connectivity index (χ3n) is 3.82. The molecule has 0 radical (unpaired) electrons. The van der Waals surface area contributed by atoms with Crippen molar-refractivity contribution >= 4 is 54.4 Å². The highest BCUT2D eigenvalue weighted by atomic mass is 79.9. The minimum atomic E-state index is 0.756. The second kappa shape index (κ2) is 7.16. The summed E-state index contributed by atoms with van der Waals surface area (Å²) in [6.07, 6.45) is 6.25. The van der Waals surface area contributed by atoms with Crippen molar-refractivity contribution in [1.29, 1.82) is 5.26 Å². The summed E-state index contributed by atoms with van der Waals surface area (Å²) in [5.41, 5.74) is 2.92. The number of benzene rings is 1. The van der Waals surface area contributed by atoms with Gasteiger partial charge in [-0.15, -0.1) is 11.3 Å². The molecule has 23 heavy (non-hydrogen) atoms. The normalized spacial score (nSPS) is 13.8. The smallest absolute Gasteiger partial charge is 0.147 e. The van der Waals surface area contributed by atoms with Gasteiger partial charge in [0, 0.05) is 11.1 Å². The van der Waals surface area contributed by atoms with Crippen LogP contribution >= 0.6 is 43.2 Å². The van der Waals surface area contributed by atoms with E-state index in [-0.39, 0.29) is 0 Å². The maximum atomic E-state index is 9.47. The van der Waals surface area contributed by atoms with Gasteiger partial charge in [-0.05, 0) is 80.8 Å². The summed E-state index contributed by atoms with van der Waals surface area (Å²) in [4.78, 5) is 5.91. The molecule has 0 amide bonds. The van der Waals surface area contributed by atoms with Crippen LogP contribution in [0.3, 0.4) is 0 Å². The molecule has 0 atom stereocenters. The van der Waals surface area contributed by atoms with Gasteiger partial charge in [0.25, 0.3) is 0 Å². The molecule has 3 rings (SSSR count). The van der Waals surface area contributed by atoms with Crippen LogP contribution in [0.4, 0.5) is 5.00 Å². The zero-order chi connectivity index (χ0) is 16.4. The highest BCUT2D eigenvalue weighted by molar-refractivity contribution is 9.11. The highest BCUT2D eigenvalue weighted by Crippen LogP contribution is 2.39. The minimum absolute atomic E-state index is 0.756. The first-order valence-electron chi connectivity index (χ1n) is 7.25. The van der Waals surface area contributed by atoms with Gasteiger partial charge < -0.3 is 4.74 Å². The third-order valence-corrected chi connectivity index (χ3v) is 6.20. The van der Waals surface area contributed by atoms with E-state index in [1.165, 1.54) is 23.3 Å². The van der Waals surface area contributed by atoms with E-state index in [2.05, 4.69) is 42.9 Å². The van der Waals surface area contributed by atoms with Crippen molar-refractivity contribution in [3.63, 3.8) is 0 Å². The first-order valence-corrected chi connectivity index (χ1v) is 9.66. The predicted molar refractivity (Wildman–Crippen MR) is 101 cm³/mol. The molecule has 0 fully saturated rings. The van der Waals surface area contributed by atoms with Crippen LogP contribution in [-0.2, 0) is 12.8 Å². The number of aryl methyl sites for hydroxylation is 1. The summed E-state index contributed by atoms with van der Waals surface area (Å²) in [5, 5.41) is 10.3. The Hall–Kier alpha value is -1.16. The standard InChI is InChI=1S/C17H14Br2N2OS/c1-22-16-13(18)6-10(7-14(16)19)9-21-17-12(8-20)11-4-2-3-5-15(11)23-17/h6-7,9H,2-5H2,1H3. The molecule has 2 aromatic rings. The van der Waals surface area contributed by atoms with Gasteiger partial charge in [-0.3, -0.25) is 0 Å². The molecule has 0 N–H and O–H groups in total. The number of methoxy groups -OCH3 is 1. The third kappa shape index (κ3) is 3.37. The fourth-order valence-electron chi connectivity index (χ4n) is 2.74. The van der Waals surface area contributed by atoms with Gasteiger partial charge in [-0.2, -0.15) is 5.26 Å². The summed E-state index contributed by atoms with van der Waals surface area (Å²) < 4.78 is 7.03. The Balaban J connectivity index is 1.95. The van der Waals surface area contributed by atoms with E-state index < -0.39 is 0 Å². The minimum Gasteiger partial charge on any atom is -0.494 e. The molecule has 0 spiro atoms. The van der Waals surface area contributed by atoms with Crippen LogP contribution in [0.1, 0.15) is 34.4 Å². The molecule has 6 heteroatoms. The van der Waals surface area contributed by atoms with E-state index in [0.717, 1.165) is 43.7 Å². The first-order chi connectivity index (χ1) is 11.1. The lowest BCUT2D eigenvalue weighted by Gasteiger charge is -2.09. The predicted octanol–water partition coefficient (Wildman–Crippen LogP) is 5.78. The van der Waals surface area contributed by atoms with Crippen LogP contribution in [0.2, 0.25) is 0 Å². The molecule has 0 saturated heterocycles. The second-order valence-electron chi connectivity index (χ2n) is 5.28. The Labute approximate surface area is 156 Å². The Kier molecular flexibility index (Phi) is 5.20. The van der Waals surface area contributed by atoms with Gasteiger partial charge in [0.05, 0.1) is 21.6 Å². The van der Waals surface area contributed by atoms with E-state index in [9.17, 15) is 5.26 Å². The molecular weight excluding hydrogens is 440 g/mol. The largest absolute Gasteiger partial charge is 0.494 e. The van der Waals surface area contributed by atoms with Crippen LogP contribution in [0, 0.1) is 11.3 Å². The number of fused-ring (bicyclic) bond motifs is 1. The maximum Gasteiger partial charge on any atom is 0.147 e. The SMILES string of the molecule is COc1c(Br)cc(C=Nc2sc3c(c2C#N)CCCC3)cc1Br. The number of aliphatic imine (C=N–C) groups is 1. The van der Waals surface area contributed by atoms with Gasteiger partial charge in [-0.1, -0.05) is 0 Å². The maximum absolute atomic E-state index is 9.47. The zero-order valence-electron chi connectivity index (χ0n) is 12.5. The molecule has 1 aromatic heterocycles. The summed E-state index contributed by atoms with van der Waals surface area (Å²) >= 11 is 8.64. The molecule has 1 aromatic carbocycles. The summed E-state index contributed by atoms with van der Waals surface area (Å²) in [6, 6.07) is 6.24. The Morgan fingerprint density at radius 2 is 1.96 bits per heavy atom. The lowest BCUT2D eigenvalue weighted by atomic mass is 9.96. The van der Waals surface area contributed by atoms with Gasteiger partial charge in [0.1, 0.15) is 16.8 Å². The van der Waals surface area contributed by atoms with Crippen molar-refractivity contribution in [2.75, 3.05) is 7.11 Å². The number of nitrogens with zero attached hydrogens (tertiary/aromatic N) is 2. The van der Waals surface area contributed by atoms with Crippen molar-refractivity contribution in [2.24, 2.45) is 4.99 Å². The number of thiophene rings is 1. The van der Waals surface area contributed by atoms with Crippen molar-refractivity contribution in [3.8, 4) is 11.8 Å². The number of nitriles is 1. The fraction of sp³-hybridized carbons (Fsp3) is 0.294. The molecule has 1 heterocycles. The van der Waals surface area contributed by atoms with Crippen LogP contribution in [0.25, 0.3) is 0 Å². The number of hydrogen-bond donors (Lipinski definition) is 0. The average molecular weight is 454 g/mol.